The molecule has 0 aliphatic carbocycles. The predicted octanol–water partition coefficient (Wildman–Crippen LogP) is 4.72. The molecule has 8 nitrogen and oxygen atoms in total. The van der Waals surface area contributed by atoms with Gasteiger partial charge in [0.25, 0.3) is 0 Å². The van der Waals surface area contributed by atoms with Gasteiger partial charge in [0, 0.05) is 11.5 Å². The van der Waals surface area contributed by atoms with Crippen LogP contribution in [0.2, 0.25) is 0 Å². The Kier molecular flexibility index (Phi) is 26.2. The highest BCUT2D eigenvalue weighted by molar-refractivity contribution is 8.29. The summed E-state index contributed by atoms with van der Waals surface area (Å²) < 4.78 is 20.9. The number of ether oxygens (including phenoxy) is 4. The van der Waals surface area contributed by atoms with E-state index in [2.05, 4.69) is 95.3 Å². The summed E-state index contributed by atoms with van der Waals surface area (Å²) in [7, 11) is 0. The van der Waals surface area contributed by atoms with Crippen LogP contribution in [0.5, 0.6) is 0 Å². The molecular formula is C24H44O8S9. The third kappa shape index (κ3) is 21.4. The zero-order valence-electron chi connectivity index (χ0n) is 23.9. The molecule has 0 fully saturated rings. The van der Waals surface area contributed by atoms with Crippen LogP contribution in [0.1, 0.15) is 41.0 Å². The Labute approximate surface area is 292 Å². The van der Waals surface area contributed by atoms with Gasteiger partial charge >= 0.3 is 23.9 Å². The summed E-state index contributed by atoms with van der Waals surface area (Å²) in [6.45, 7) is 6.82. The summed E-state index contributed by atoms with van der Waals surface area (Å²) >= 11 is 32.8. The molecule has 0 spiro atoms. The first-order valence-corrected chi connectivity index (χ1v) is 18.4. The van der Waals surface area contributed by atoms with Crippen LogP contribution in [0, 0.1) is 5.41 Å². The molecule has 242 valence electrons. The van der Waals surface area contributed by atoms with E-state index in [0.717, 1.165) is 29.4 Å². The number of hydrogen-bond donors (Lipinski definition) is 7. The molecule has 0 aliphatic rings. The minimum atomic E-state index is -1.34. The first kappa shape index (κ1) is 44.2. The molecule has 0 aromatic carbocycles. The second kappa shape index (κ2) is 24.3. The molecule has 0 aliphatic heterocycles. The lowest BCUT2D eigenvalue weighted by molar-refractivity contribution is -0.169. The third-order valence-corrected chi connectivity index (χ3v) is 10.7. The first-order chi connectivity index (χ1) is 19.0. The van der Waals surface area contributed by atoms with Gasteiger partial charge in [-0.05, 0) is 45.6 Å². The zero-order valence-corrected chi connectivity index (χ0v) is 31.8. The summed E-state index contributed by atoms with van der Waals surface area (Å²) in [5.74, 6) is 1.41. The Morgan fingerprint density at radius 3 is 1.02 bits per heavy atom. The molecule has 0 rings (SSSR count). The van der Waals surface area contributed by atoms with Crippen LogP contribution in [-0.4, -0.2) is 97.7 Å². The van der Waals surface area contributed by atoms with Gasteiger partial charge in [0.15, 0.2) is 0 Å². The number of carbonyl (C=O) groups excluding carboxylic acids is 4. The Bertz CT molecular complexity index is 673. The maximum Gasteiger partial charge on any atom is 0.318 e. The standard InChI is InChI=1S/C17H28O8S4.C7H16S5/c1-9(26)13(18)22-5-17(6-23-14(19)10(2)27,7-24-15(20)11(3)28)8-25-16(21)12(4)29;1-2-7(10,11-5-3-8)12-6-4-9/h9-12,26-29H,5-8H2,1-4H3;8-10H,2-6H2,1H3. The Morgan fingerprint density at radius 2 is 0.854 bits per heavy atom. The lowest BCUT2D eigenvalue weighted by Gasteiger charge is -2.32. The number of hydrogen-bond acceptors (Lipinski definition) is 17. The van der Waals surface area contributed by atoms with Crippen molar-refractivity contribution in [1.29, 1.82) is 0 Å². The van der Waals surface area contributed by atoms with Crippen molar-refractivity contribution in [1.82, 2.24) is 0 Å². The topological polar surface area (TPSA) is 105 Å². The molecular weight excluding hydrogens is 705 g/mol. The summed E-state index contributed by atoms with van der Waals surface area (Å²) in [4.78, 5) is 47.5. The maximum atomic E-state index is 11.9. The van der Waals surface area contributed by atoms with E-state index in [1.165, 1.54) is 27.7 Å². The highest BCUT2D eigenvalue weighted by Crippen LogP contribution is 2.43. The van der Waals surface area contributed by atoms with Gasteiger partial charge < -0.3 is 18.9 Å². The van der Waals surface area contributed by atoms with Crippen LogP contribution in [-0.2, 0) is 38.1 Å². The van der Waals surface area contributed by atoms with E-state index in [-0.39, 0.29) is 29.8 Å². The van der Waals surface area contributed by atoms with Crippen molar-refractivity contribution < 1.29 is 38.1 Å². The Morgan fingerprint density at radius 1 is 0.610 bits per heavy atom. The molecule has 0 bridgehead atoms. The van der Waals surface area contributed by atoms with Gasteiger partial charge in [0.1, 0.15) is 35.3 Å². The van der Waals surface area contributed by atoms with Crippen molar-refractivity contribution in [3.8, 4) is 0 Å². The molecule has 4 atom stereocenters. The molecule has 4 unspecified atom stereocenters. The summed E-state index contributed by atoms with van der Waals surface area (Å²) in [5.41, 5.74) is -1.34. The minimum absolute atomic E-state index is 0.0749. The van der Waals surface area contributed by atoms with Gasteiger partial charge in [-0.15, -0.1) is 23.5 Å². The van der Waals surface area contributed by atoms with Gasteiger partial charge in [0.05, 0.1) is 21.0 Å². The van der Waals surface area contributed by atoms with Crippen molar-refractivity contribution >= 4 is 136 Å². The second-order valence-electron chi connectivity index (χ2n) is 8.85. The maximum absolute atomic E-state index is 11.9. The van der Waals surface area contributed by atoms with E-state index >= 15 is 0 Å². The number of thioether (sulfide) groups is 2. The largest absolute Gasteiger partial charge is 0.464 e. The average Bonchev–Trinajstić information content (AvgIpc) is 2.93. The Hall–Kier alpha value is 1.03. The number of carbonyl (C=O) groups is 4. The smallest absolute Gasteiger partial charge is 0.318 e. The number of esters is 4. The van der Waals surface area contributed by atoms with Crippen molar-refractivity contribution in [3.05, 3.63) is 0 Å². The lowest BCUT2D eigenvalue weighted by atomic mass is 9.92. The van der Waals surface area contributed by atoms with Gasteiger partial charge in [-0.3, -0.25) is 19.2 Å². The molecule has 0 aromatic rings. The van der Waals surface area contributed by atoms with E-state index in [1.807, 2.05) is 23.5 Å². The quantitative estimate of drug-likeness (QED) is 0.0435. The van der Waals surface area contributed by atoms with E-state index in [1.54, 1.807) is 0 Å². The molecule has 41 heavy (non-hydrogen) atoms. The van der Waals surface area contributed by atoms with Crippen LogP contribution >= 0.6 is 112 Å². The van der Waals surface area contributed by atoms with Crippen molar-refractivity contribution in [2.24, 2.45) is 5.41 Å². The van der Waals surface area contributed by atoms with E-state index in [9.17, 15) is 19.2 Å². The summed E-state index contributed by atoms with van der Waals surface area (Å²) in [6.07, 6.45) is 1.08. The predicted molar refractivity (Wildman–Crippen MR) is 195 cm³/mol. The highest BCUT2D eigenvalue weighted by atomic mass is 32.3. The molecule has 0 radical (unpaired) electrons. The van der Waals surface area contributed by atoms with E-state index in [0.29, 0.717) is 0 Å². The van der Waals surface area contributed by atoms with Gasteiger partial charge in [-0.2, -0.15) is 88.4 Å². The highest BCUT2D eigenvalue weighted by Gasteiger charge is 2.39. The minimum Gasteiger partial charge on any atom is -0.464 e. The second-order valence-corrected chi connectivity index (χ2v) is 17.3. The van der Waals surface area contributed by atoms with E-state index < -0.39 is 50.3 Å². The molecule has 0 heterocycles. The number of thiol groups is 7. The SMILES string of the molecule is CC(S)C(=O)OCC(COC(=O)C(C)S)(COC(=O)C(C)S)COC(=O)C(C)S.CCC(S)(SCCS)SCCS. The monoisotopic (exact) mass is 748 g/mol. The summed E-state index contributed by atoms with van der Waals surface area (Å²) in [5, 5.41) is -2.86. The fourth-order valence-corrected chi connectivity index (χ4v) is 5.74. The van der Waals surface area contributed by atoms with Crippen LogP contribution in [0.4, 0.5) is 0 Å². The number of rotatable bonds is 19. The van der Waals surface area contributed by atoms with Crippen LogP contribution in [0.15, 0.2) is 0 Å². The summed E-state index contributed by atoms with van der Waals surface area (Å²) in [6, 6.07) is 0. The van der Waals surface area contributed by atoms with E-state index in [4.69, 9.17) is 18.9 Å². The third-order valence-electron chi connectivity index (χ3n) is 4.73. The zero-order chi connectivity index (χ0) is 32.2. The van der Waals surface area contributed by atoms with Gasteiger partial charge in [0.2, 0.25) is 0 Å². The average molecular weight is 749 g/mol. The van der Waals surface area contributed by atoms with Crippen LogP contribution in [0.3, 0.4) is 0 Å². The van der Waals surface area contributed by atoms with Crippen molar-refractivity contribution in [3.63, 3.8) is 0 Å². The fraction of sp³-hybridized carbons (Fsp3) is 0.833. The normalized spacial score (nSPS) is 15.6. The fourth-order valence-electron chi connectivity index (χ4n) is 2.29. The van der Waals surface area contributed by atoms with Crippen LogP contribution < -0.4 is 0 Å². The molecule has 0 saturated heterocycles. The van der Waals surface area contributed by atoms with Crippen molar-refractivity contribution in [2.75, 3.05) is 49.4 Å². The molecule has 17 heteroatoms. The molecule has 0 N–H and O–H groups in total. The lowest BCUT2D eigenvalue weighted by Crippen LogP contribution is -2.45. The first-order valence-electron chi connectivity index (χ1n) is 12.6. The van der Waals surface area contributed by atoms with Crippen LogP contribution in [0.25, 0.3) is 0 Å². The molecule has 0 amide bonds. The Balaban J connectivity index is 0. The molecule has 0 saturated carbocycles. The van der Waals surface area contributed by atoms with Gasteiger partial charge in [-0.1, -0.05) is 6.92 Å². The van der Waals surface area contributed by atoms with Gasteiger partial charge in [-0.25, -0.2) is 0 Å². The molecule has 0 aromatic heterocycles. The van der Waals surface area contributed by atoms with Crippen molar-refractivity contribution in [2.45, 2.75) is 65.5 Å².